The highest BCUT2D eigenvalue weighted by Gasteiger charge is 2.24. The number of nitrogens with zero attached hydrogens (tertiary/aromatic N) is 3. The van der Waals surface area contributed by atoms with E-state index in [4.69, 9.17) is 4.42 Å². The van der Waals surface area contributed by atoms with Gasteiger partial charge in [-0.15, -0.1) is 0 Å². The van der Waals surface area contributed by atoms with Gasteiger partial charge in [-0.05, 0) is 47.4 Å². The Kier molecular flexibility index (Phi) is 5.20. The number of benzene rings is 4. The van der Waals surface area contributed by atoms with Crippen molar-refractivity contribution in [3.8, 4) is 17.2 Å². The van der Waals surface area contributed by atoms with E-state index in [-0.39, 0.29) is 5.92 Å². The summed E-state index contributed by atoms with van der Waals surface area (Å²) in [7, 11) is 0. The van der Waals surface area contributed by atoms with Crippen LogP contribution in [0.2, 0.25) is 0 Å². The second-order valence-corrected chi connectivity index (χ2v) is 10.8. The highest BCUT2D eigenvalue weighted by atomic mass is 16.3. The van der Waals surface area contributed by atoms with E-state index in [9.17, 15) is 5.26 Å². The fourth-order valence-corrected chi connectivity index (χ4v) is 6.39. The number of hydrogen-bond acceptors (Lipinski definition) is 3. The van der Waals surface area contributed by atoms with Crippen molar-refractivity contribution in [2.45, 2.75) is 12.8 Å². The number of aromatic nitrogens is 2. The van der Waals surface area contributed by atoms with Crippen LogP contribution in [0.5, 0.6) is 0 Å². The molecule has 1 aliphatic rings. The van der Waals surface area contributed by atoms with Crippen LogP contribution >= 0.6 is 0 Å². The molecular formula is C37H25N3O. The lowest BCUT2D eigenvalue weighted by Crippen LogP contribution is -2.11. The van der Waals surface area contributed by atoms with Crippen molar-refractivity contribution < 1.29 is 4.42 Å². The molecular weight excluding hydrogens is 502 g/mol. The predicted molar refractivity (Wildman–Crippen MR) is 166 cm³/mol. The van der Waals surface area contributed by atoms with Gasteiger partial charge >= 0.3 is 0 Å². The summed E-state index contributed by atoms with van der Waals surface area (Å²) in [5.74, 6) is 0.491. The number of allylic oxidation sites excluding steroid dienone is 4. The molecule has 4 nitrogen and oxygen atoms in total. The monoisotopic (exact) mass is 527 g/mol. The zero-order valence-corrected chi connectivity index (χ0v) is 22.5. The fourth-order valence-electron chi connectivity index (χ4n) is 6.39. The Balaban J connectivity index is 1.34. The van der Waals surface area contributed by atoms with E-state index < -0.39 is 0 Å². The molecule has 0 fully saturated rings. The zero-order valence-electron chi connectivity index (χ0n) is 22.5. The van der Waals surface area contributed by atoms with Crippen LogP contribution in [0.15, 0.2) is 126 Å². The Morgan fingerprint density at radius 3 is 2.54 bits per heavy atom. The normalized spacial score (nSPS) is 16.9. The first kappa shape index (κ1) is 23.5. The van der Waals surface area contributed by atoms with E-state index in [0.29, 0.717) is 11.5 Å². The second-order valence-electron chi connectivity index (χ2n) is 10.8. The van der Waals surface area contributed by atoms with E-state index >= 15 is 0 Å². The Morgan fingerprint density at radius 2 is 1.63 bits per heavy atom. The minimum atomic E-state index is 0.174. The van der Waals surface area contributed by atoms with Gasteiger partial charge < -0.3 is 8.98 Å². The van der Waals surface area contributed by atoms with Crippen LogP contribution in [0.3, 0.4) is 0 Å². The van der Waals surface area contributed by atoms with Gasteiger partial charge in [0.15, 0.2) is 5.58 Å². The van der Waals surface area contributed by atoms with E-state index in [1.54, 1.807) is 6.20 Å². The Bertz CT molecular complexity index is 2260. The molecule has 1 aliphatic carbocycles. The summed E-state index contributed by atoms with van der Waals surface area (Å²) in [5, 5.41) is 14.0. The van der Waals surface area contributed by atoms with Crippen LogP contribution in [0.4, 0.5) is 0 Å². The van der Waals surface area contributed by atoms with Gasteiger partial charge in [0, 0.05) is 51.1 Å². The lowest BCUT2D eigenvalue weighted by Gasteiger charge is -2.25. The molecule has 0 radical (unpaired) electrons. The van der Waals surface area contributed by atoms with Crippen molar-refractivity contribution in [2.75, 3.05) is 0 Å². The van der Waals surface area contributed by atoms with Gasteiger partial charge in [0.1, 0.15) is 11.7 Å². The average molecular weight is 528 g/mol. The summed E-state index contributed by atoms with van der Waals surface area (Å²) < 4.78 is 8.91. The maximum Gasteiger partial charge on any atom is 0.160 e. The maximum atomic E-state index is 9.37. The van der Waals surface area contributed by atoms with Crippen molar-refractivity contribution in [1.82, 2.24) is 9.55 Å². The van der Waals surface area contributed by atoms with Crippen molar-refractivity contribution in [3.05, 3.63) is 133 Å². The van der Waals surface area contributed by atoms with E-state index in [2.05, 4.69) is 114 Å². The minimum Gasteiger partial charge on any atom is -0.454 e. The van der Waals surface area contributed by atoms with Crippen LogP contribution < -0.4 is 0 Å². The molecule has 0 spiro atoms. The lowest BCUT2D eigenvalue weighted by atomic mass is 9.82. The molecule has 8 rings (SSSR count). The van der Waals surface area contributed by atoms with E-state index in [1.807, 2.05) is 24.4 Å². The van der Waals surface area contributed by atoms with Gasteiger partial charge in [0.25, 0.3) is 0 Å². The number of pyridine rings is 1. The first-order valence-corrected chi connectivity index (χ1v) is 13.9. The number of hydrogen-bond donors (Lipinski definition) is 0. The number of furan rings is 1. The summed E-state index contributed by atoms with van der Waals surface area (Å²) in [5.41, 5.74) is 9.00. The summed E-state index contributed by atoms with van der Waals surface area (Å²) in [6, 6.07) is 34.0. The first-order valence-electron chi connectivity index (χ1n) is 13.9. The molecule has 2 unspecified atom stereocenters. The molecule has 0 bridgehead atoms. The summed E-state index contributed by atoms with van der Waals surface area (Å²) in [4.78, 5) is 4.28. The minimum absolute atomic E-state index is 0.174. The topological polar surface area (TPSA) is 54.8 Å². The molecule has 3 aromatic heterocycles. The van der Waals surface area contributed by atoms with E-state index in [1.165, 1.54) is 16.3 Å². The third kappa shape index (κ3) is 3.63. The number of para-hydroxylation sites is 2. The first-order chi connectivity index (χ1) is 20.2. The smallest absolute Gasteiger partial charge is 0.160 e. The zero-order chi connectivity index (χ0) is 27.5. The quantitative estimate of drug-likeness (QED) is 0.230. The molecule has 41 heavy (non-hydrogen) atoms. The molecule has 0 saturated heterocycles. The third-order valence-corrected chi connectivity index (χ3v) is 8.40. The van der Waals surface area contributed by atoms with Crippen LogP contribution in [-0.2, 0) is 0 Å². The Morgan fingerprint density at radius 1 is 0.805 bits per heavy atom. The van der Waals surface area contributed by atoms with Gasteiger partial charge in [-0.25, -0.2) is 0 Å². The van der Waals surface area contributed by atoms with Crippen LogP contribution in [0.25, 0.3) is 60.6 Å². The molecule has 4 aromatic carbocycles. The SMILES string of the molecule is CC1C=CC(n2c3ccccc3c3ccc4c5ccccc5oc4c32)=CC1c1cccc(-c2cncc(C#N)c2)c1. The fraction of sp³-hybridized carbons (Fsp3) is 0.0811. The van der Waals surface area contributed by atoms with Crippen molar-refractivity contribution in [1.29, 1.82) is 5.26 Å². The standard InChI is InChI=1S/C37H25N3O/c1-23-13-14-28(19-33(23)26-8-6-7-25(18-26)27-17-24(20-38)21-39-22-27)40-34-11-4-2-9-29(34)31-15-16-32-30-10-3-5-12-35(30)41-37(32)36(31)40/h2-19,21-23,33H,1H3. The van der Waals surface area contributed by atoms with Crippen LogP contribution in [0, 0.1) is 17.2 Å². The second kappa shape index (κ2) is 9.08. The van der Waals surface area contributed by atoms with Gasteiger partial charge in [0.2, 0.25) is 0 Å². The summed E-state index contributed by atoms with van der Waals surface area (Å²) >= 11 is 0. The summed E-state index contributed by atoms with van der Waals surface area (Å²) in [6.07, 6.45) is 10.4. The number of fused-ring (bicyclic) bond motifs is 7. The molecule has 7 aromatic rings. The molecule has 2 atom stereocenters. The molecule has 0 N–H and O–H groups in total. The summed E-state index contributed by atoms with van der Waals surface area (Å²) in [6.45, 7) is 2.27. The van der Waals surface area contributed by atoms with Gasteiger partial charge in [-0.3, -0.25) is 4.98 Å². The molecule has 0 aliphatic heterocycles. The van der Waals surface area contributed by atoms with E-state index in [0.717, 1.165) is 49.8 Å². The Hall–Kier alpha value is -5.40. The maximum absolute atomic E-state index is 9.37. The molecule has 0 saturated carbocycles. The van der Waals surface area contributed by atoms with Gasteiger partial charge in [0.05, 0.1) is 16.6 Å². The van der Waals surface area contributed by atoms with Crippen LogP contribution in [0.1, 0.15) is 24.0 Å². The third-order valence-electron chi connectivity index (χ3n) is 8.40. The van der Waals surface area contributed by atoms with Crippen molar-refractivity contribution in [3.63, 3.8) is 0 Å². The van der Waals surface area contributed by atoms with Gasteiger partial charge in [-0.1, -0.05) is 85.8 Å². The highest BCUT2D eigenvalue weighted by molar-refractivity contribution is 6.22. The molecule has 194 valence electrons. The number of rotatable bonds is 3. The highest BCUT2D eigenvalue weighted by Crippen LogP contribution is 2.42. The molecule has 3 heterocycles. The molecule has 0 amide bonds. The van der Waals surface area contributed by atoms with Crippen molar-refractivity contribution in [2.24, 2.45) is 5.92 Å². The lowest BCUT2D eigenvalue weighted by molar-refractivity contribution is 0.635. The average Bonchev–Trinajstić information content (AvgIpc) is 3.57. The predicted octanol–water partition coefficient (Wildman–Crippen LogP) is 9.46. The largest absolute Gasteiger partial charge is 0.454 e. The number of nitriles is 1. The Labute approximate surface area is 237 Å². The van der Waals surface area contributed by atoms with Crippen molar-refractivity contribution >= 4 is 49.4 Å². The van der Waals surface area contributed by atoms with Crippen LogP contribution in [-0.4, -0.2) is 9.55 Å². The van der Waals surface area contributed by atoms with Gasteiger partial charge in [-0.2, -0.15) is 5.26 Å². The molecule has 4 heteroatoms.